The fraction of sp³-hybridized carbons (Fsp3) is 0.500. The van der Waals surface area contributed by atoms with E-state index in [4.69, 9.17) is 10.5 Å². The summed E-state index contributed by atoms with van der Waals surface area (Å²) < 4.78 is 18.4. The lowest BCUT2D eigenvalue weighted by molar-refractivity contribution is 0.346. The van der Waals surface area contributed by atoms with E-state index in [0.29, 0.717) is 0 Å². The molecule has 4 heteroatoms. The molecule has 0 saturated heterocycles. The number of rotatable bonds is 4. The molecule has 0 heterocycles. The third kappa shape index (κ3) is 2.51. The summed E-state index contributed by atoms with van der Waals surface area (Å²) in [5.74, 6) is -0.152. The predicted molar refractivity (Wildman–Crippen MR) is 63.0 cm³/mol. The summed E-state index contributed by atoms with van der Waals surface area (Å²) in [5, 5.41) is 3.11. The Bertz CT molecular complexity index is 366. The quantitative estimate of drug-likeness (QED) is 0.823. The molecule has 0 spiro atoms. The Morgan fingerprint density at radius 3 is 2.50 bits per heavy atom. The number of hydrogen-bond donors (Lipinski definition) is 2. The van der Waals surface area contributed by atoms with Crippen molar-refractivity contribution >= 4 is 0 Å². The molecule has 0 amide bonds. The summed E-state index contributed by atoms with van der Waals surface area (Å²) in [6.07, 6.45) is 0. The van der Waals surface area contributed by atoms with Gasteiger partial charge in [-0.3, -0.25) is 0 Å². The Balaban J connectivity index is 3.02. The Kier molecular flexibility index (Phi) is 3.88. The molecule has 1 unspecified atom stereocenters. The molecular formula is C12H19FN2O. The third-order valence-corrected chi connectivity index (χ3v) is 2.96. The van der Waals surface area contributed by atoms with Crippen molar-refractivity contribution in [2.24, 2.45) is 5.73 Å². The first-order chi connectivity index (χ1) is 7.42. The van der Waals surface area contributed by atoms with Gasteiger partial charge in [-0.15, -0.1) is 0 Å². The lowest BCUT2D eigenvalue weighted by Crippen LogP contribution is -2.46. The molecule has 0 fully saturated rings. The molecule has 1 rings (SSSR count). The predicted octanol–water partition coefficient (Wildman–Crippen LogP) is 1.83. The minimum absolute atomic E-state index is 0.234. The van der Waals surface area contributed by atoms with E-state index in [1.807, 2.05) is 20.9 Å². The highest BCUT2D eigenvalue weighted by Crippen LogP contribution is 2.26. The van der Waals surface area contributed by atoms with Gasteiger partial charge in [-0.05, 0) is 38.6 Å². The minimum atomic E-state index is -0.387. The van der Waals surface area contributed by atoms with Gasteiger partial charge >= 0.3 is 0 Å². The van der Waals surface area contributed by atoms with E-state index in [-0.39, 0.29) is 23.1 Å². The van der Waals surface area contributed by atoms with E-state index in [2.05, 4.69) is 5.32 Å². The molecule has 0 aliphatic heterocycles. The minimum Gasteiger partial charge on any atom is -0.494 e. The first-order valence-corrected chi connectivity index (χ1v) is 5.20. The van der Waals surface area contributed by atoms with Crippen molar-refractivity contribution in [3.63, 3.8) is 0 Å². The zero-order valence-corrected chi connectivity index (χ0v) is 10.2. The summed E-state index contributed by atoms with van der Waals surface area (Å²) in [6.45, 7) is 3.94. The van der Waals surface area contributed by atoms with Crippen LogP contribution in [-0.4, -0.2) is 19.7 Å². The molecular weight excluding hydrogens is 207 g/mol. The maximum absolute atomic E-state index is 13.5. The number of nitrogens with two attached hydrogens (primary N) is 1. The number of benzene rings is 1. The molecule has 1 atom stereocenters. The van der Waals surface area contributed by atoms with Crippen LogP contribution < -0.4 is 15.8 Å². The smallest absolute Gasteiger partial charge is 0.165 e. The second kappa shape index (κ2) is 4.80. The monoisotopic (exact) mass is 226 g/mol. The van der Waals surface area contributed by atoms with Gasteiger partial charge in [0.25, 0.3) is 0 Å². The van der Waals surface area contributed by atoms with E-state index >= 15 is 0 Å². The molecule has 0 aliphatic carbocycles. The summed E-state index contributed by atoms with van der Waals surface area (Å²) in [5.41, 5.74) is 6.53. The van der Waals surface area contributed by atoms with Crippen molar-refractivity contribution in [3.8, 4) is 5.75 Å². The average Bonchev–Trinajstić information content (AvgIpc) is 2.27. The Morgan fingerprint density at radius 1 is 1.44 bits per heavy atom. The Labute approximate surface area is 95.8 Å². The molecule has 3 nitrogen and oxygen atoms in total. The van der Waals surface area contributed by atoms with Gasteiger partial charge in [-0.2, -0.15) is 0 Å². The number of ether oxygens (including phenoxy) is 1. The van der Waals surface area contributed by atoms with Crippen molar-refractivity contribution in [1.82, 2.24) is 5.32 Å². The first-order valence-electron chi connectivity index (χ1n) is 5.20. The maximum Gasteiger partial charge on any atom is 0.165 e. The molecule has 3 N–H and O–H groups in total. The number of likely N-dealkylation sites (N-methyl/N-ethyl adjacent to an activating group) is 1. The summed E-state index contributed by atoms with van der Waals surface area (Å²) in [6, 6.07) is 4.52. The number of hydrogen-bond acceptors (Lipinski definition) is 3. The van der Waals surface area contributed by atoms with Crippen molar-refractivity contribution in [1.29, 1.82) is 0 Å². The van der Waals surface area contributed by atoms with Crippen LogP contribution in [0.1, 0.15) is 25.5 Å². The molecule has 1 aromatic rings. The summed E-state index contributed by atoms with van der Waals surface area (Å²) in [4.78, 5) is 0. The number of methoxy groups -OCH3 is 1. The molecule has 0 saturated carbocycles. The number of halogens is 1. The highest BCUT2D eigenvalue weighted by Gasteiger charge is 2.26. The van der Waals surface area contributed by atoms with Crippen LogP contribution >= 0.6 is 0 Å². The van der Waals surface area contributed by atoms with E-state index in [1.54, 1.807) is 12.1 Å². The fourth-order valence-electron chi connectivity index (χ4n) is 1.45. The number of nitrogens with one attached hydrogen (secondary N) is 1. The molecule has 16 heavy (non-hydrogen) atoms. The fourth-order valence-corrected chi connectivity index (χ4v) is 1.45. The lowest BCUT2D eigenvalue weighted by atomic mass is 9.89. The SMILES string of the molecule is CNC(C)(C)C(N)c1ccc(OC)c(F)c1. The topological polar surface area (TPSA) is 47.3 Å². The molecule has 0 aromatic heterocycles. The van der Waals surface area contributed by atoms with Gasteiger partial charge in [0.1, 0.15) is 0 Å². The van der Waals surface area contributed by atoms with Crippen LogP contribution in [0.3, 0.4) is 0 Å². The van der Waals surface area contributed by atoms with Crippen molar-refractivity contribution in [3.05, 3.63) is 29.6 Å². The van der Waals surface area contributed by atoms with E-state index in [9.17, 15) is 4.39 Å². The van der Waals surface area contributed by atoms with Crippen LogP contribution in [0.25, 0.3) is 0 Å². The van der Waals surface area contributed by atoms with Gasteiger partial charge < -0.3 is 15.8 Å². The first kappa shape index (κ1) is 12.9. The van der Waals surface area contributed by atoms with Gasteiger partial charge in [0.2, 0.25) is 0 Å². The normalized spacial score (nSPS) is 13.6. The van der Waals surface area contributed by atoms with Crippen LogP contribution in [0.5, 0.6) is 5.75 Å². The highest BCUT2D eigenvalue weighted by atomic mass is 19.1. The molecule has 0 radical (unpaired) electrons. The van der Waals surface area contributed by atoms with E-state index in [0.717, 1.165) is 5.56 Å². The van der Waals surface area contributed by atoms with Gasteiger partial charge in [0, 0.05) is 11.6 Å². The van der Waals surface area contributed by atoms with Gasteiger partial charge in [-0.1, -0.05) is 6.07 Å². The van der Waals surface area contributed by atoms with Crippen molar-refractivity contribution < 1.29 is 9.13 Å². The zero-order chi connectivity index (χ0) is 12.3. The van der Waals surface area contributed by atoms with Crippen LogP contribution in [0.4, 0.5) is 4.39 Å². The second-order valence-corrected chi connectivity index (χ2v) is 4.34. The Morgan fingerprint density at radius 2 is 2.06 bits per heavy atom. The van der Waals surface area contributed by atoms with Crippen LogP contribution in [-0.2, 0) is 0 Å². The Hall–Kier alpha value is -1.13. The lowest BCUT2D eigenvalue weighted by Gasteiger charge is -2.31. The molecule has 0 bridgehead atoms. The summed E-state index contributed by atoms with van der Waals surface area (Å²) >= 11 is 0. The van der Waals surface area contributed by atoms with Gasteiger partial charge in [-0.25, -0.2) is 4.39 Å². The van der Waals surface area contributed by atoms with Gasteiger partial charge in [0.05, 0.1) is 7.11 Å². The van der Waals surface area contributed by atoms with Crippen molar-refractivity contribution in [2.45, 2.75) is 25.4 Å². The summed E-state index contributed by atoms with van der Waals surface area (Å²) in [7, 11) is 3.27. The largest absolute Gasteiger partial charge is 0.494 e. The van der Waals surface area contributed by atoms with Gasteiger partial charge in [0.15, 0.2) is 11.6 Å². The molecule has 1 aromatic carbocycles. The average molecular weight is 226 g/mol. The second-order valence-electron chi connectivity index (χ2n) is 4.34. The third-order valence-electron chi connectivity index (χ3n) is 2.96. The van der Waals surface area contributed by atoms with Crippen LogP contribution in [0, 0.1) is 5.82 Å². The highest BCUT2D eigenvalue weighted by molar-refractivity contribution is 5.32. The van der Waals surface area contributed by atoms with Crippen molar-refractivity contribution in [2.75, 3.05) is 14.2 Å². The van der Waals surface area contributed by atoms with Crippen LogP contribution in [0.2, 0.25) is 0 Å². The standard InChI is InChI=1S/C12H19FN2O/c1-12(2,15-3)11(14)8-5-6-10(16-4)9(13)7-8/h5-7,11,15H,14H2,1-4H3. The molecule has 90 valence electrons. The molecule has 0 aliphatic rings. The maximum atomic E-state index is 13.5. The van der Waals surface area contributed by atoms with Crippen LogP contribution in [0.15, 0.2) is 18.2 Å². The zero-order valence-electron chi connectivity index (χ0n) is 10.2. The van der Waals surface area contributed by atoms with E-state index in [1.165, 1.54) is 13.2 Å². The van der Waals surface area contributed by atoms with E-state index < -0.39 is 0 Å².